The van der Waals surface area contributed by atoms with E-state index in [0.29, 0.717) is 19.5 Å². The van der Waals surface area contributed by atoms with Crippen LogP contribution in [-0.2, 0) is 9.53 Å². The summed E-state index contributed by atoms with van der Waals surface area (Å²) in [5.74, 6) is -0.847. The van der Waals surface area contributed by atoms with Crippen LogP contribution in [0.3, 0.4) is 0 Å². The Morgan fingerprint density at radius 1 is 1.37 bits per heavy atom. The highest BCUT2D eigenvalue weighted by Crippen LogP contribution is 2.30. The van der Waals surface area contributed by atoms with Crippen LogP contribution in [0, 0.1) is 0 Å². The van der Waals surface area contributed by atoms with E-state index in [2.05, 4.69) is 0 Å². The van der Waals surface area contributed by atoms with Gasteiger partial charge in [0.1, 0.15) is 5.60 Å². The average molecular weight is 272 g/mol. The molecule has 0 aromatic rings. The minimum atomic E-state index is -0.847. The number of hydrogen-bond donors (Lipinski definition) is 1. The molecule has 0 saturated carbocycles. The molecule has 1 heterocycles. The molecule has 0 aromatic heterocycles. The Morgan fingerprint density at radius 3 is 2.37 bits per heavy atom. The predicted octanol–water partition coefficient (Wildman–Crippen LogP) is 1.40. The molecule has 1 N–H and O–H groups in total. The van der Waals surface area contributed by atoms with Crippen molar-refractivity contribution in [3.63, 3.8) is 0 Å². The summed E-state index contributed by atoms with van der Waals surface area (Å²) in [6.07, 6.45) is 0.298. The molecule has 1 amide bonds. The lowest BCUT2D eigenvalue weighted by Gasteiger charge is -2.35. The van der Waals surface area contributed by atoms with Crippen LogP contribution in [0.1, 0.15) is 33.6 Å². The first kappa shape index (κ1) is 15.8. The van der Waals surface area contributed by atoms with Crippen LogP contribution in [0.2, 0.25) is 0 Å². The van der Waals surface area contributed by atoms with Gasteiger partial charge in [0.15, 0.2) is 0 Å². The lowest BCUT2D eigenvalue weighted by Crippen LogP contribution is -2.49. The number of likely N-dealkylation sites (N-methyl/N-ethyl adjacent to an activating group) is 1. The number of rotatable bonds is 3. The van der Waals surface area contributed by atoms with E-state index in [9.17, 15) is 9.59 Å². The summed E-state index contributed by atoms with van der Waals surface area (Å²) in [6.45, 7) is 6.37. The highest BCUT2D eigenvalue weighted by molar-refractivity contribution is 5.71. The zero-order chi connectivity index (χ0) is 14.8. The lowest BCUT2D eigenvalue weighted by atomic mass is 9.93. The van der Waals surface area contributed by atoms with Gasteiger partial charge in [-0.2, -0.15) is 0 Å². The van der Waals surface area contributed by atoms with Crippen LogP contribution < -0.4 is 0 Å². The molecule has 1 fully saturated rings. The number of likely N-dealkylation sites (tertiary alicyclic amines) is 1. The smallest absolute Gasteiger partial charge is 0.410 e. The molecular formula is C13H24N2O4. The molecule has 1 aliphatic rings. The van der Waals surface area contributed by atoms with Gasteiger partial charge in [0.25, 0.3) is 0 Å². The molecule has 0 radical (unpaired) electrons. The van der Waals surface area contributed by atoms with E-state index in [-0.39, 0.29) is 12.5 Å². The van der Waals surface area contributed by atoms with Crippen LogP contribution in [0.4, 0.5) is 4.79 Å². The van der Waals surface area contributed by atoms with Crippen LogP contribution in [0.15, 0.2) is 0 Å². The van der Waals surface area contributed by atoms with Gasteiger partial charge < -0.3 is 19.6 Å². The molecule has 110 valence electrons. The number of amides is 1. The van der Waals surface area contributed by atoms with Crippen LogP contribution in [0.5, 0.6) is 0 Å². The van der Waals surface area contributed by atoms with Gasteiger partial charge in [-0.15, -0.1) is 0 Å². The van der Waals surface area contributed by atoms with E-state index in [0.717, 1.165) is 0 Å². The zero-order valence-corrected chi connectivity index (χ0v) is 12.4. The van der Waals surface area contributed by atoms with E-state index in [1.807, 2.05) is 39.8 Å². The number of ether oxygens (including phenoxy) is 1. The molecule has 0 aliphatic carbocycles. The van der Waals surface area contributed by atoms with Gasteiger partial charge >= 0.3 is 12.1 Å². The van der Waals surface area contributed by atoms with Gasteiger partial charge in [-0.05, 0) is 41.3 Å². The fourth-order valence-electron chi connectivity index (χ4n) is 2.29. The maximum atomic E-state index is 12.0. The summed E-state index contributed by atoms with van der Waals surface area (Å²) in [7, 11) is 3.70. The number of hydrogen-bond acceptors (Lipinski definition) is 4. The van der Waals surface area contributed by atoms with Crippen molar-refractivity contribution in [3.8, 4) is 0 Å². The van der Waals surface area contributed by atoms with Gasteiger partial charge in [-0.1, -0.05) is 0 Å². The van der Waals surface area contributed by atoms with Crippen molar-refractivity contribution in [1.29, 1.82) is 0 Å². The molecular weight excluding hydrogens is 248 g/mol. The molecule has 19 heavy (non-hydrogen) atoms. The largest absolute Gasteiger partial charge is 0.481 e. The third-order valence-corrected chi connectivity index (χ3v) is 3.41. The highest BCUT2D eigenvalue weighted by Gasteiger charge is 2.44. The normalized spacial score (nSPS) is 23.8. The monoisotopic (exact) mass is 272 g/mol. The predicted molar refractivity (Wildman–Crippen MR) is 71.1 cm³/mol. The van der Waals surface area contributed by atoms with Crippen molar-refractivity contribution in [1.82, 2.24) is 9.80 Å². The summed E-state index contributed by atoms with van der Waals surface area (Å²) < 4.78 is 5.32. The molecule has 1 saturated heterocycles. The Bertz CT molecular complexity index is 362. The van der Waals surface area contributed by atoms with Gasteiger partial charge in [0.05, 0.1) is 12.0 Å². The molecule has 1 atom stereocenters. The first-order chi connectivity index (χ1) is 8.56. The Kier molecular flexibility index (Phi) is 4.45. The minimum absolute atomic E-state index is 0.0271. The quantitative estimate of drug-likeness (QED) is 0.841. The lowest BCUT2D eigenvalue weighted by molar-refractivity contribution is -0.139. The van der Waals surface area contributed by atoms with E-state index in [4.69, 9.17) is 9.84 Å². The fourth-order valence-corrected chi connectivity index (χ4v) is 2.29. The molecule has 6 nitrogen and oxygen atoms in total. The molecule has 0 bridgehead atoms. The highest BCUT2D eigenvalue weighted by atomic mass is 16.6. The van der Waals surface area contributed by atoms with E-state index in [1.54, 1.807) is 4.90 Å². The first-order valence-electron chi connectivity index (χ1n) is 6.43. The average Bonchev–Trinajstić information content (AvgIpc) is 2.59. The second kappa shape index (κ2) is 5.36. The molecule has 1 rings (SSSR count). The SMILES string of the molecule is CN(C)C1(CC(=O)O)CCN(C(=O)OC(C)(C)C)C1. The second-order valence-electron chi connectivity index (χ2n) is 6.34. The Labute approximate surface area is 114 Å². The summed E-state index contributed by atoms with van der Waals surface area (Å²) in [4.78, 5) is 26.5. The summed E-state index contributed by atoms with van der Waals surface area (Å²) in [6, 6.07) is 0. The van der Waals surface area contributed by atoms with Crippen molar-refractivity contribution in [2.24, 2.45) is 0 Å². The van der Waals surface area contributed by atoms with Crippen molar-refractivity contribution < 1.29 is 19.4 Å². The number of nitrogens with zero attached hydrogens (tertiary/aromatic N) is 2. The summed E-state index contributed by atoms with van der Waals surface area (Å²) in [5, 5.41) is 9.04. The number of carboxylic acid groups (broad SMARTS) is 1. The number of carboxylic acids is 1. The number of aliphatic carboxylic acids is 1. The van der Waals surface area contributed by atoms with Gasteiger partial charge in [0.2, 0.25) is 0 Å². The Hall–Kier alpha value is -1.30. The number of carbonyl (C=O) groups excluding carboxylic acids is 1. The standard InChI is InChI=1S/C13H24N2O4/c1-12(2,3)19-11(18)15-7-6-13(9-15,14(4)5)8-10(16)17/h6-9H2,1-5H3,(H,16,17). The van der Waals surface area contributed by atoms with Crippen molar-refractivity contribution in [2.45, 2.75) is 44.8 Å². The molecule has 6 heteroatoms. The minimum Gasteiger partial charge on any atom is -0.481 e. The van der Waals surface area contributed by atoms with Crippen LogP contribution in [-0.4, -0.2) is 65.3 Å². The Morgan fingerprint density at radius 2 is 1.95 bits per heavy atom. The van der Waals surface area contributed by atoms with E-state index >= 15 is 0 Å². The van der Waals surface area contributed by atoms with Gasteiger partial charge in [-0.3, -0.25) is 4.79 Å². The van der Waals surface area contributed by atoms with E-state index in [1.165, 1.54) is 0 Å². The second-order valence-corrected chi connectivity index (χ2v) is 6.34. The maximum absolute atomic E-state index is 12.0. The van der Waals surface area contributed by atoms with Crippen LogP contribution >= 0.6 is 0 Å². The van der Waals surface area contributed by atoms with E-state index < -0.39 is 17.1 Å². The molecule has 1 aliphatic heterocycles. The molecule has 0 aromatic carbocycles. The number of carbonyl (C=O) groups is 2. The third kappa shape index (κ3) is 4.09. The third-order valence-electron chi connectivity index (χ3n) is 3.41. The molecule has 0 spiro atoms. The van der Waals surface area contributed by atoms with Crippen LogP contribution in [0.25, 0.3) is 0 Å². The van der Waals surface area contributed by atoms with Gasteiger partial charge in [-0.25, -0.2) is 4.79 Å². The van der Waals surface area contributed by atoms with Crippen molar-refractivity contribution in [3.05, 3.63) is 0 Å². The summed E-state index contributed by atoms with van der Waals surface area (Å²) in [5.41, 5.74) is -1.03. The van der Waals surface area contributed by atoms with Gasteiger partial charge in [0, 0.05) is 13.1 Å². The van der Waals surface area contributed by atoms with Crippen molar-refractivity contribution in [2.75, 3.05) is 27.2 Å². The first-order valence-corrected chi connectivity index (χ1v) is 6.43. The summed E-state index contributed by atoms with van der Waals surface area (Å²) >= 11 is 0. The maximum Gasteiger partial charge on any atom is 0.410 e. The fraction of sp³-hybridized carbons (Fsp3) is 0.846. The Balaban J connectivity index is 2.74. The zero-order valence-electron chi connectivity index (χ0n) is 12.4. The van der Waals surface area contributed by atoms with Crippen molar-refractivity contribution >= 4 is 12.1 Å². The molecule has 1 unspecified atom stereocenters. The topological polar surface area (TPSA) is 70.1 Å².